The zero-order valence-corrected chi connectivity index (χ0v) is 24.9. The van der Waals surface area contributed by atoms with E-state index in [1.807, 2.05) is 30.3 Å². The molecule has 230 valence electrons. The van der Waals surface area contributed by atoms with Crippen molar-refractivity contribution in [3.8, 4) is 5.75 Å². The number of amides is 4. The molecule has 0 radical (unpaired) electrons. The number of nitrogens with zero attached hydrogens (tertiary/aromatic N) is 1. The van der Waals surface area contributed by atoms with Gasteiger partial charge in [-0.05, 0) is 43.0 Å². The van der Waals surface area contributed by atoms with Crippen molar-refractivity contribution in [1.29, 1.82) is 0 Å². The number of phenolic OH excluding ortho intramolecular Hbond substituents is 1. The van der Waals surface area contributed by atoms with Gasteiger partial charge in [0.05, 0.1) is 25.2 Å². The number of carbonyl (C=O) groups excluding carboxylic acids is 4. The van der Waals surface area contributed by atoms with Gasteiger partial charge in [0.1, 0.15) is 17.8 Å². The minimum Gasteiger partial charge on any atom is -0.508 e. The molecule has 42 heavy (non-hydrogen) atoms. The molecule has 0 saturated carbocycles. The van der Waals surface area contributed by atoms with Crippen molar-refractivity contribution in [2.24, 2.45) is 5.73 Å². The summed E-state index contributed by atoms with van der Waals surface area (Å²) >= 11 is 0. The smallest absolute Gasteiger partial charge is 0.243 e. The van der Waals surface area contributed by atoms with Gasteiger partial charge in [0.2, 0.25) is 23.6 Å². The monoisotopic (exact) mass is 603 g/mol. The molecule has 0 saturated heterocycles. The van der Waals surface area contributed by atoms with Gasteiger partial charge in [0.15, 0.2) is 0 Å². The topological polar surface area (TPSA) is 191 Å². The first kappa shape index (κ1) is 34.4. The summed E-state index contributed by atoms with van der Waals surface area (Å²) < 4.78 is 11.5. The van der Waals surface area contributed by atoms with E-state index in [0.717, 1.165) is 11.1 Å². The lowest BCUT2D eigenvalue weighted by Gasteiger charge is -2.29. The third-order valence-corrected chi connectivity index (χ3v) is 7.46. The molecule has 2 aromatic rings. The van der Waals surface area contributed by atoms with Crippen LogP contribution in [-0.2, 0) is 42.8 Å². The number of nitrogens with two attached hydrogens (primary N) is 1. The van der Waals surface area contributed by atoms with E-state index in [4.69, 9.17) is 5.73 Å². The Kier molecular flexibility index (Phi) is 14.1. The zero-order valence-electron chi connectivity index (χ0n) is 24.1. The summed E-state index contributed by atoms with van der Waals surface area (Å²) in [7, 11) is 0.351. The molecule has 13 heteroatoms. The Morgan fingerprint density at radius 1 is 0.929 bits per heavy atom. The molecule has 5 atom stereocenters. The SMILES string of the molecule is C[C@@H](NC(=O)[C@@H](N)Cc1ccc(O)cc1)C(=O)NCC(=O)N(C)[C@@H](Cc1ccccc1)C(=O)N[C@H](CO)CC[S@@](C)=O. The van der Waals surface area contributed by atoms with Gasteiger partial charge < -0.3 is 36.8 Å². The molecule has 4 amide bonds. The van der Waals surface area contributed by atoms with Crippen LogP contribution in [0.5, 0.6) is 5.75 Å². The van der Waals surface area contributed by atoms with Crippen LogP contribution >= 0.6 is 0 Å². The van der Waals surface area contributed by atoms with E-state index in [-0.39, 0.29) is 25.2 Å². The van der Waals surface area contributed by atoms with Crippen molar-refractivity contribution < 1.29 is 33.6 Å². The summed E-state index contributed by atoms with van der Waals surface area (Å²) in [4.78, 5) is 52.6. The Morgan fingerprint density at radius 2 is 1.55 bits per heavy atom. The highest BCUT2D eigenvalue weighted by Gasteiger charge is 2.29. The second-order valence-corrected chi connectivity index (χ2v) is 11.6. The first-order valence-electron chi connectivity index (χ1n) is 13.5. The van der Waals surface area contributed by atoms with Crippen LogP contribution in [0.2, 0.25) is 0 Å². The molecule has 0 aliphatic rings. The zero-order chi connectivity index (χ0) is 31.2. The van der Waals surface area contributed by atoms with Crippen LogP contribution < -0.4 is 21.7 Å². The second kappa shape index (κ2) is 17.2. The van der Waals surface area contributed by atoms with E-state index in [0.29, 0.717) is 12.2 Å². The van der Waals surface area contributed by atoms with E-state index in [1.54, 1.807) is 12.1 Å². The predicted molar refractivity (Wildman–Crippen MR) is 160 cm³/mol. The number of aromatic hydroxyl groups is 1. The molecule has 0 aliphatic heterocycles. The number of benzene rings is 2. The molecule has 0 spiro atoms. The fourth-order valence-electron chi connectivity index (χ4n) is 4.04. The molecule has 0 unspecified atom stereocenters. The third kappa shape index (κ3) is 11.6. The van der Waals surface area contributed by atoms with Crippen molar-refractivity contribution in [1.82, 2.24) is 20.9 Å². The lowest BCUT2D eigenvalue weighted by atomic mass is 10.0. The van der Waals surface area contributed by atoms with Crippen molar-refractivity contribution in [3.05, 3.63) is 65.7 Å². The summed E-state index contributed by atoms with van der Waals surface area (Å²) in [5.74, 6) is -1.82. The molecular formula is C29H41N5O7S. The summed E-state index contributed by atoms with van der Waals surface area (Å²) in [5.41, 5.74) is 7.50. The molecule has 0 aliphatic carbocycles. The molecule has 0 fully saturated rings. The Labute approximate surface area is 248 Å². The number of aliphatic hydroxyl groups excluding tert-OH is 1. The molecule has 0 bridgehead atoms. The van der Waals surface area contributed by atoms with E-state index in [9.17, 15) is 33.6 Å². The van der Waals surface area contributed by atoms with Crippen LogP contribution in [0.15, 0.2) is 54.6 Å². The summed E-state index contributed by atoms with van der Waals surface area (Å²) in [5, 5.41) is 26.8. The van der Waals surface area contributed by atoms with Crippen LogP contribution in [0.1, 0.15) is 24.5 Å². The van der Waals surface area contributed by atoms with Crippen molar-refractivity contribution in [2.45, 2.75) is 50.4 Å². The van der Waals surface area contributed by atoms with Gasteiger partial charge >= 0.3 is 0 Å². The van der Waals surface area contributed by atoms with Crippen LogP contribution in [0.3, 0.4) is 0 Å². The normalized spacial score (nSPS) is 14.5. The van der Waals surface area contributed by atoms with Crippen molar-refractivity contribution in [3.63, 3.8) is 0 Å². The Bertz CT molecular complexity index is 1210. The number of rotatable bonds is 16. The average molecular weight is 604 g/mol. The summed E-state index contributed by atoms with van der Waals surface area (Å²) in [6.07, 6.45) is 2.22. The fourth-order valence-corrected chi connectivity index (χ4v) is 4.65. The number of likely N-dealkylation sites (N-methyl/N-ethyl adjacent to an activating group) is 1. The van der Waals surface area contributed by atoms with Crippen LogP contribution in [0, 0.1) is 0 Å². The minimum atomic E-state index is -1.10. The Morgan fingerprint density at radius 3 is 2.14 bits per heavy atom. The molecule has 12 nitrogen and oxygen atoms in total. The van der Waals surface area contributed by atoms with Crippen molar-refractivity contribution in [2.75, 3.05) is 32.2 Å². The second-order valence-electron chi connectivity index (χ2n) is 10.1. The maximum Gasteiger partial charge on any atom is 0.243 e. The maximum atomic E-state index is 13.2. The van der Waals surface area contributed by atoms with Crippen LogP contribution in [0.25, 0.3) is 0 Å². The first-order valence-corrected chi connectivity index (χ1v) is 15.3. The van der Waals surface area contributed by atoms with E-state index < -0.39 is 65.1 Å². The number of hydrogen-bond acceptors (Lipinski definition) is 8. The molecule has 0 aromatic heterocycles. The van der Waals surface area contributed by atoms with E-state index >= 15 is 0 Å². The number of aliphatic hydroxyl groups is 1. The highest BCUT2D eigenvalue weighted by molar-refractivity contribution is 7.84. The van der Waals surface area contributed by atoms with Crippen molar-refractivity contribution >= 4 is 34.4 Å². The largest absolute Gasteiger partial charge is 0.508 e. The lowest BCUT2D eigenvalue weighted by Crippen LogP contribution is -2.55. The molecule has 2 aromatic carbocycles. The number of phenols is 1. The first-order chi connectivity index (χ1) is 19.9. The quantitative estimate of drug-likeness (QED) is 0.144. The highest BCUT2D eigenvalue weighted by Crippen LogP contribution is 2.12. The molecular weight excluding hydrogens is 562 g/mol. The van der Waals surface area contributed by atoms with Gasteiger partial charge in [0, 0.05) is 36.3 Å². The Balaban J connectivity index is 1.98. The van der Waals surface area contributed by atoms with Gasteiger partial charge in [-0.15, -0.1) is 0 Å². The maximum absolute atomic E-state index is 13.2. The van der Waals surface area contributed by atoms with Gasteiger partial charge in [0.25, 0.3) is 0 Å². The molecule has 0 heterocycles. The van der Waals surface area contributed by atoms with Gasteiger partial charge in [-0.25, -0.2) is 0 Å². The highest BCUT2D eigenvalue weighted by atomic mass is 32.2. The summed E-state index contributed by atoms with van der Waals surface area (Å²) in [6, 6.07) is 11.8. The van der Waals surface area contributed by atoms with Gasteiger partial charge in [-0.2, -0.15) is 0 Å². The predicted octanol–water partition coefficient (Wildman–Crippen LogP) is -0.802. The standard InChI is InChI=1S/C29H41N5O7S/c1-19(32-28(39)24(30)15-21-9-11-23(36)12-10-21)27(38)31-17-26(37)34(2)25(16-20-7-5-4-6-8-20)29(40)33-22(18-35)13-14-42(3)41/h4-12,19,22,24-25,35-36H,13-18,30H2,1-3H3,(H,31,38)(H,32,39)(H,33,40)/t19-,22+,24+,25+,42-/m1/s1. The number of hydrogen-bond donors (Lipinski definition) is 6. The van der Waals surface area contributed by atoms with E-state index in [1.165, 1.54) is 37.3 Å². The number of nitrogens with one attached hydrogen (secondary N) is 3. The van der Waals surface area contributed by atoms with Crippen LogP contribution in [-0.4, -0.2) is 99.3 Å². The molecule has 7 N–H and O–H groups in total. The van der Waals surface area contributed by atoms with Crippen LogP contribution in [0.4, 0.5) is 0 Å². The van der Waals surface area contributed by atoms with Gasteiger partial charge in [-0.3, -0.25) is 23.4 Å². The molecule has 2 rings (SSSR count). The summed E-state index contributed by atoms with van der Waals surface area (Å²) in [6.45, 7) is 0.682. The van der Waals surface area contributed by atoms with Gasteiger partial charge in [-0.1, -0.05) is 42.5 Å². The average Bonchev–Trinajstić information content (AvgIpc) is 2.97. The lowest BCUT2D eigenvalue weighted by molar-refractivity contribution is -0.139. The fraction of sp³-hybridized carbons (Fsp3) is 0.448. The van der Waals surface area contributed by atoms with E-state index in [2.05, 4.69) is 16.0 Å². The Hall–Kier alpha value is -3.81. The third-order valence-electron chi connectivity index (χ3n) is 6.65. The number of carbonyl (C=O) groups is 4. The minimum absolute atomic E-state index is 0.0920.